The Balaban J connectivity index is 2.64. The third-order valence-electron chi connectivity index (χ3n) is 3.29. The van der Waals surface area contributed by atoms with Crippen LogP contribution in [0.25, 0.3) is 0 Å². The predicted octanol–water partition coefficient (Wildman–Crippen LogP) is -0.372. The Morgan fingerprint density at radius 2 is 1.83 bits per heavy atom. The van der Waals surface area contributed by atoms with Crippen LogP contribution in [-0.2, 0) is 14.8 Å². The van der Waals surface area contributed by atoms with Crippen LogP contribution in [0.4, 0.5) is 0 Å². The first-order valence-corrected chi connectivity index (χ1v) is 7.99. The fourth-order valence-electron chi connectivity index (χ4n) is 2.22. The van der Waals surface area contributed by atoms with Crippen molar-refractivity contribution in [2.75, 3.05) is 12.3 Å². The van der Waals surface area contributed by atoms with E-state index in [0.717, 1.165) is 19.3 Å². The summed E-state index contributed by atoms with van der Waals surface area (Å²) in [5, 5.41) is 7.43. The van der Waals surface area contributed by atoms with E-state index in [1.807, 2.05) is 0 Å². The van der Waals surface area contributed by atoms with E-state index < -0.39 is 15.4 Å². The van der Waals surface area contributed by atoms with E-state index in [0.29, 0.717) is 12.8 Å². The number of carbonyl (C=O) groups is 1. The summed E-state index contributed by atoms with van der Waals surface area (Å²) >= 11 is 5.00. The number of carbonyl (C=O) groups excluding carboxylic acids is 1. The predicted molar refractivity (Wildman–Crippen MR) is 73.3 cm³/mol. The molecule has 0 aromatic carbocycles. The summed E-state index contributed by atoms with van der Waals surface area (Å²) in [6.07, 6.45) is 4.13. The summed E-state index contributed by atoms with van der Waals surface area (Å²) in [4.78, 5) is 12.3. The van der Waals surface area contributed by atoms with Gasteiger partial charge in [0.05, 0.1) is 16.2 Å². The first-order chi connectivity index (χ1) is 8.28. The topological polar surface area (TPSA) is 115 Å². The van der Waals surface area contributed by atoms with Crippen molar-refractivity contribution in [3.05, 3.63) is 0 Å². The number of amides is 1. The molecule has 0 saturated heterocycles. The fraction of sp³-hybridized carbons (Fsp3) is 0.800. The number of hydrogen-bond acceptors (Lipinski definition) is 4. The molecule has 0 radical (unpaired) electrons. The summed E-state index contributed by atoms with van der Waals surface area (Å²) in [7, 11) is -3.57. The summed E-state index contributed by atoms with van der Waals surface area (Å²) in [6, 6.07) is 0. The van der Waals surface area contributed by atoms with Crippen LogP contribution in [0, 0.1) is 5.41 Å². The number of rotatable bonds is 5. The molecule has 0 heterocycles. The minimum Gasteiger partial charge on any atom is -0.392 e. The van der Waals surface area contributed by atoms with Gasteiger partial charge in [-0.1, -0.05) is 31.5 Å². The lowest BCUT2D eigenvalue weighted by Gasteiger charge is -2.34. The highest BCUT2D eigenvalue weighted by Crippen LogP contribution is 2.36. The van der Waals surface area contributed by atoms with Gasteiger partial charge in [0, 0.05) is 6.54 Å². The van der Waals surface area contributed by atoms with Gasteiger partial charge in [-0.3, -0.25) is 4.79 Å². The molecule has 0 bridgehead atoms. The van der Waals surface area contributed by atoms with Crippen molar-refractivity contribution in [3.8, 4) is 0 Å². The number of sulfonamides is 1. The van der Waals surface area contributed by atoms with Crippen LogP contribution in [0.5, 0.6) is 0 Å². The van der Waals surface area contributed by atoms with Gasteiger partial charge in [0.2, 0.25) is 15.9 Å². The summed E-state index contributed by atoms with van der Waals surface area (Å²) in [6.45, 7) is -0.0119. The first-order valence-electron chi connectivity index (χ1n) is 5.87. The van der Waals surface area contributed by atoms with Crippen molar-refractivity contribution in [3.63, 3.8) is 0 Å². The molecule has 1 fully saturated rings. The van der Waals surface area contributed by atoms with E-state index in [1.165, 1.54) is 0 Å². The Morgan fingerprint density at radius 1 is 1.28 bits per heavy atom. The highest BCUT2D eigenvalue weighted by atomic mass is 32.2. The second-order valence-corrected chi connectivity index (χ2v) is 6.80. The van der Waals surface area contributed by atoms with E-state index in [2.05, 4.69) is 5.32 Å². The first kappa shape index (κ1) is 15.3. The van der Waals surface area contributed by atoms with Crippen LogP contribution in [0.2, 0.25) is 0 Å². The molecule has 18 heavy (non-hydrogen) atoms. The van der Waals surface area contributed by atoms with Crippen LogP contribution < -0.4 is 16.2 Å². The van der Waals surface area contributed by atoms with E-state index in [9.17, 15) is 13.2 Å². The Morgan fingerprint density at radius 3 is 2.28 bits per heavy atom. The molecule has 5 N–H and O–H groups in total. The van der Waals surface area contributed by atoms with Gasteiger partial charge in [-0.05, 0) is 12.8 Å². The molecule has 0 aromatic heterocycles. The molecule has 0 spiro atoms. The lowest BCUT2D eigenvalue weighted by atomic mass is 9.73. The quantitative estimate of drug-likeness (QED) is 0.598. The summed E-state index contributed by atoms with van der Waals surface area (Å²) in [5.74, 6) is -0.565. The molecule has 8 heteroatoms. The Kier molecular flexibility index (Phi) is 5.06. The molecule has 1 rings (SSSR count). The van der Waals surface area contributed by atoms with Gasteiger partial charge in [-0.15, -0.1) is 0 Å². The zero-order chi connectivity index (χ0) is 13.8. The van der Waals surface area contributed by atoms with Crippen molar-refractivity contribution in [1.29, 1.82) is 0 Å². The normalized spacial score (nSPS) is 19.2. The maximum absolute atomic E-state index is 12.1. The smallest absolute Gasteiger partial charge is 0.233 e. The highest BCUT2D eigenvalue weighted by molar-refractivity contribution is 7.89. The Labute approximate surface area is 113 Å². The van der Waals surface area contributed by atoms with Gasteiger partial charge in [0.1, 0.15) is 0 Å². The minimum atomic E-state index is -3.57. The third-order valence-corrected chi connectivity index (χ3v) is 4.45. The highest BCUT2D eigenvalue weighted by Gasteiger charge is 2.42. The molecule has 104 valence electrons. The minimum absolute atomic E-state index is 0.0119. The van der Waals surface area contributed by atoms with E-state index in [4.69, 9.17) is 23.1 Å². The van der Waals surface area contributed by atoms with Gasteiger partial charge >= 0.3 is 0 Å². The average Bonchev–Trinajstić information content (AvgIpc) is 2.27. The van der Waals surface area contributed by atoms with Crippen molar-refractivity contribution in [2.45, 2.75) is 32.1 Å². The average molecular weight is 293 g/mol. The van der Waals surface area contributed by atoms with Gasteiger partial charge in [-0.2, -0.15) is 0 Å². The van der Waals surface area contributed by atoms with Crippen LogP contribution in [0.3, 0.4) is 0 Å². The van der Waals surface area contributed by atoms with Gasteiger partial charge in [0.15, 0.2) is 0 Å². The molecule has 1 aliphatic rings. The molecular formula is C10H19N3O3S2. The number of nitrogens with two attached hydrogens (primary N) is 2. The SMILES string of the molecule is NC(=S)C1(C(=O)NCCS(N)(=O)=O)CCCCC1. The zero-order valence-electron chi connectivity index (χ0n) is 10.1. The molecule has 6 nitrogen and oxygen atoms in total. The number of primary sulfonamides is 1. The number of thiocarbonyl (C=S) groups is 1. The molecule has 0 atom stereocenters. The Bertz CT molecular complexity index is 428. The number of hydrogen-bond donors (Lipinski definition) is 3. The maximum atomic E-state index is 12.1. The molecule has 0 aromatic rings. The molecule has 1 saturated carbocycles. The largest absolute Gasteiger partial charge is 0.392 e. The van der Waals surface area contributed by atoms with E-state index in [-0.39, 0.29) is 23.2 Å². The van der Waals surface area contributed by atoms with Crippen molar-refractivity contribution < 1.29 is 13.2 Å². The van der Waals surface area contributed by atoms with Gasteiger partial charge in [-0.25, -0.2) is 13.6 Å². The Hall–Kier alpha value is -0.730. The van der Waals surface area contributed by atoms with Crippen LogP contribution in [0.15, 0.2) is 0 Å². The van der Waals surface area contributed by atoms with Crippen LogP contribution in [-0.4, -0.2) is 31.6 Å². The molecular weight excluding hydrogens is 274 g/mol. The number of nitrogens with one attached hydrogen (secondary N) is 1. The van der Waals surface area contributed by atoms with Crippen molar-refractivity contribution in [1.82, 2.24) is 5.32 Å². The molecule has 0 unspecified atom stereocenters. The fourth-order valence-corrected chi connectivity index (χ4v) is 2.90. The monoisotopic (exact) mass is 293 g/mol. The standard InChI is InChI=1S/C10H19N3O3S2/c11-8(17)10(4-2-1-3-5-10)9(14)13-6-7-18(12,15)16/h1-7H2,(H2,11,17)(H,13,14)(H2,12,15,16). The molecule has 1 aliphatic carbocycles. The van der Waals surface area contributed by atoms with Crippen LogP contribution in [0.1, 0.15) is 32.1 Å². The zero-order valence-corrected chi connectivity index (χ0v) is 11.8. The summed E-state index contributed by atoms with van der Waals surface area (Å²) in [5.41, 5.74) is 4.87. The van der Waals surface area contributed by atoms with E-state index >= 15 is 0 Å². The van der Waals surface area contributed by atoms with Gasteiger partial charge in [0.25, 0.3) is 0 Å². The molecule has 1 amide bonds. The summed E-state index contributed by atoms with van der Waals surface area (Å²) < 4.78 is 21.6. The third kappa shape index (κ3) is 3.89. The molecule has 0 aliphatic heterocycles. The lowest BCUT2D eigenvalue weighted by molar-refractivity contribution is -0.128. The maximum Gasteiger partial charge on any atom is 0.233 e. The van der Waals surface area contributed by atoms with Crippen molar-refractivity contribution in [2.24, 2.45) is 16.3 Å². The lowest BCUT2D eigenvalue weighted by Crippen LogP contribution is -2.50. The van der Waals surface area contributed by atoms with E-state index in [1.54, 1.807) is 0 Å². The second kappa shape index (κ2) is 5.94. The van der Waals surface area contributed by atoms with Crippen LogP contribution >= 0.6 is 12.2 Å². The van der Waals surface area contributed by atoms with Crippen molar-refractivity contribution >= 4 is 33.1 Å². The van der Waals surface area contributed by atoms with Gasteiger partial charge < -0.3 is 11.1 Å². The second-order valence-electron chi connectivity index (χ2n) is 4.63.